The summed E-state index contributed by atoms with van der Waals surface area (Å²) >= 11 is 0. The number of aliphatic hydroxyl groups excluding tert-OH is 4. The van der Waals surface area contributed by atoms with E-state index in [2.05, 4.69) is 51.2 Å². The second-order valence-electron chi connectivity index (χ2n) is 13.5. The van der Waals surface area contributed by atoms with Crippen molar-refractivity contribution >= 4 is 194 Å². The van der Waals surface area contributed by atoms with Gasteiger partial charge in [-0.1, -0.05) is 60.7 Å². The first-order valence-corrected chi connectivity index (χ1v) is 22.2. The Kier molecular flexibility index (Phi) is 21.8. The molecule has 0 saturated carbocycles. The summed E-state index contributed by atoms with van der Waals surface area (Å²) in [5.74, 6) is 0.187. The van der Waals surface area contributed by atoms with Crippen LogP contribution in [0.3, 0.4) is 0 Å². The van der Waals surface area contributed by atoms with Gasteiger partial charge in [-0.25, -0.2) is 0 Å². The van der Waals surface area contributed by atoms with Gasteiger partial charge in [0.1, 0.15) is 9.79 Å². The van der Waals surface area contributed by atoms with Gasteiger partial charge in [0.05, 0.1) is 26.4 Å². The largest absolute Gasteiger partial charge is 0.395 e. The van der Waals surface area contributed by atoms with Gasteiger partial charge >= 0.3 is 0 Å². The van der Waals surface area contributed by atoms with Crippen molar-refractivity contribution in [3.63, 3.8) is 0 Å². The van der Waals surface area contributed by atoms with Gasteiger partial charge in [-0.05, 0) is 59.7 Å². The van der Waals surface area contributed by atoms with Crippen molar-refractivity contribution < 1.29 is 46.4 Å². The maximum Gasteiger partial charge on any atom is 0.295 e. The van der Waals surface area contributed by atoms with Crippen molar-refractivity contribution in [2.45, 2.75) is 9.79 Å². The Morgan fingerprint density at radius 3 is 1.03 bits per heavy atom. The fourth-order valence-corrected chi connectivity index (χ4v) is 7.45. The van der Waals surface area contributed by atoms with E-state index < -0.39 is 30.0 Å². The molecule has 0 fully saturated rings. The van der Waals surface area contributed by atoms with E-state index in [4.69, 9.17) is 0 Å². The predicted molar refractivity (Wildman–Crippen MR) is 251 cm³/mol. The van der Waals surface area contributed by atoms with Crippen molar-refractivity contribution in [3.05, 3.63) is 108 Å². The van der Waals surface area contributed by atoms with Crippen molar-refractivity contribution in [3.8, 4) is 0 Å². The van der Waals surface area contributed by atoms with E-state index in [0.717, 1.165) is 12.1 Å². The number of hydrogen-bond acceptors (Lipinski definition) is 20. The summed E-state index contributed by atoms with van der Waals surface area (Å²) in [6.07, 6.45) is 2.45. The molecule has 4 aromatic carbocycles. The summed E-state index contributed by atoms with van der Waals surface area (Å²) in [6, 6.07) is 25.7. The van der Waals surface area contributed by atoms with Crippen LogP contribution < -0.4 is 31.1 Å². The Bertz CT molecular complexity index is 2590. The van der Waals surface area contributed by atoms with Crippen LogP contribution in [-0.4, -0.2) is 232 Å². The van der Waals surface area contributed by atoms with Crippen LogP contribution in [-0.2, 0) is 20.2 Å². The standard InChI is InChI=1S/C40H44N12O10S2.2K/c53-21-17-51(18-22-54)39-47-35(41-29-7-3-1-4-8-29)45-37(49-39)43-31-15-13-27(33(25-31)63(57,58)59)11-12-28-14-16-32(26-34(28)64(60,61)62)44-38-46-36(42-30-9-5-2-6-10-30)48-40(50-38)52(19-23-55)20-24-56;;/h1-16,25-26,53-56H,17-24H2,(H,57,58,59)(H,60,61,62)(H2,41,43,45,47,49)(H2,42,44,46,48,50);;. The number of aliphatic hydroxyl groups is 4. The zero-order valence-electron chi connectivity index (χ0n) is 35.8. The van der Waals surface area contributed by atoms with E-state index in [9.17, 15) is 46.4 Å². The minimum Gasteiger partial charge on any atom is -0.395 e. The molecule has 6 aromatic rings. The molecule has 10 N–H and O–H groups in total. The van der Waals surface area contributed by atoms with E-state index in [-0.39, 0.29) is 214 Å². The molecule has 6 rings (SSSR count). The van der Waals surface area contributed by atoms with Crippen molar-refractivity contribution in [2.24, 2.45) is 0 Å². The van der Waals surface area contributed by atoms with Gasteiger partial charge in [0.25, 0.3) is 20.2 Å². The molecule has 0 aliphatic heterocycles. The van der Waals surface area contributed by atoms with Crippen molar-refractivity contribution in [1.29, 1.82) is 0 Å². The molecule has 0 unspecified atom stereocenters. The summed E-state index contributed by atoms with van der Waals surface area (Å²) in [7, 11) is -9.82. The predicted octanol–water partition coefficient (Wildman–Crippen LogP) is 2.52. The molecule has 2 aromatic heterocycles. The van der Waals surface area contributed by atoms with Gasteiger partial charge < -0.3 is 51.5 Å². The van der Waals surface area contributed by atoms with E-state index in [1.54, 1.807) is 48.5 Å². The molecule has 0 atom stereocenters. The van der Waals surface area contributed by atoms with Gasteiger partial charge in [-0.2, -0.15) is 46.7 Å². The zero-order chi connectivity index (χ0) is 45.7. The summed E-state index contributed by atoms with van der Waals surface area (Å²) < 4.78 is 71.5. The Hall–Kier alpha value is -3.63. The Morgan fingerprint density at radius 2 is 0.742 bits per heavy atom. The molecule has 0 bridgehead atoms. The molecule has 66 heavy (non-hydrogen) atoms. The molecule has 0 amide bonds. The van der Waals surface area contributed by atoms with E-state index in [1.807, 2.05) is 12.1 Å². The van der Waals surface area contributed by atoms with Crippen LogP contribution in [0.5, 0.6) is 0 Å². The smallest absolute Gasteiger partial charge is 0.295 e. The number of rotatable bonds is 22. The van der Waals surface area contributed by atoms with E-state index in [1.165, 1.54) is 46.2 Å². The van der Waals surface area contributed by atoms with Crippen LogP contribution in [0, 0.1) is 0 Å². The van der Waals surface area contributed by atoms with Gasteiger partial charge in [-0.3, -0.25) is 9.11 Å². The summed E-state index contributed by atoms with van der Waals surface area (Å²) in [4.78, 5) is 28.3. The first-order chi connectivity index (χ1) is 30.8. The number of hydrogen-bond donors (Lipinski definition) is 10. The first kappa shape index (κ1) is 55.0. The van der Waals surface area contributed by atoms with Crippen molar-refractivity contribution in [1.82, 2.24) is 29.9 Å². The molecule has 0 aliphatic rings. The number of benzene rings is 4. The normalized spacial score (nSPS) is 11.3. The summed E-state index contributed by atoms with van der Waals surface area (Å²) in [6.45, 7) is -0.796. The molecule has 0 spiro atoms. The van der Waals surface area contributed by atoms with Crippen molar-refractivity contribution in [2.75, 3.05) is 83.7 Å². The number of nitrogens with one attached hydrogen (secondary N) is 4. The van der Waals surface area contributed by atoms with E-state index in [0.29, 0.717) is 11.4 Å². The molecule has 2 heterocycles. The molecule has 26 heteroatoms. The number of nitrogens with zero attached hydrogens (tertiary/aromatic N) is 8. The quantitative estimate of drug-likeness (QED) is 0.0265. The molecular formula is C40H44K2N12O10S2. The molecule has 338 valence electrons. The molecule has 2 radical (unpaired) electrons. The van der Waals surface area contributed by atoms with Gasteiger partial charge in [0.15, 0.2) is 0 Å². The van der Waals surface area contributed by atoms with E-state index >= 15 is 0 Å². The Morgan fingerprint density at radius 1 is 0.439 bits per heavy atom. The van der Waals surface area contributed by atoms with Gasteiger partial charge in [0, 0.05) is 152 Å². The maximum atomic E-state index is 12.7. The average Bonchev–Trinajstić information content (AvgIpc) is 3.26. The maximum absolute atomic E-state index is 12.7. The fourth-order valence-electron chi connectivity index (χ4n) is 6.03. The van der Waals surface area contributed by atoms with Crippen LogP contribution in [0.15, 0.2) is 107 Å². The van der Waals surface area contributed by atoms with Crippen LogP contribution in [0.25, 0.3) is 12.2 Å². The number of anilines is 10. The molecular weight excluding hydrogens is 951 g/mol. The minimum atomic E-state index is -4.91. The molecule has 22 nitrogen and oxygen atoms in total. The number of para-hydroxylation sites is 2. The average molecular weight is 995 g/mol. The Labute approximate surface area is 465 Å². The van der Waals surface area contributed by atoms with Crippen LogP contribution in [0.4, 0.5) is 58.4 Å². The SMILES string of the molecule is O=S(=O)(O)c1cc(Nc2nc(Nc3ccccc3)nc(N(CCO)CCO)n2)ccc1C=Cc1ccc(Nc2nc(Nc3ccccc3)nc(N(CCO)CCO)n2)cc1S(=O)(=O)O.[K].[K]. The molecule has 0 saturated heterocycles. The summed E-state index contributed by atoms with van der Waals surface area (Å²) in [5.41, 5.74) is 1.36. The summed E-state index contributed by atoms with van der Waals surface area (Å²) in [5, 5.41) is 50.4. The monoisotopic (exact) mass is 994 g/mol. The van der Waals surface area contributed by atoms with Crippen LogP contribution >= 0.6 is 0 Å². The second kappa shape index (κ2) is 26.2. The van der Waals surface area contributed by atoms with Crippen LogP contribution in [0.1, 0.15) is 11.1 Å². The third kappa shape index (κ3) is 16.0. The topological polar surface area (TPSA) is 322 Å². The third-order valence-corrected chi connectivity index (χ3v) is 10.7. The second-order valence-corrected chi connectivity index (χ2v) is 16.2. The third-order valence-electron chi connectivity index (χ3n) is 8.89. The minimum absolute atomic E-state index is 0. The van der Waals surface area contributed by atoms with Gasteiger partial charge in [-0.15, -0.1) is 0 Å². The molecule has 0 aliphatic carbocycles. The first-order valence-electron chi connectivity index (χ1n) is 19.3. The number of aromatic nitrogens is 6. The Balaban J connectivity index is 0.00000476. The van der Waals surface area contributed by atoms with Gasteiger partial charge in [0.2, 0.25) is 35.7 Å². The van der Waals surface area contributed by atoms with Crippen LogP contribution in [0.2, 0.25) is 0 Å². The zero-order valence-corrected chi connectivity index (χ0v) is 43.6. The fraction of sp³-hybridized carbons (Fsp3) is 0.200.